The van der Waals surface area contributed by atoms with Crippen LogP contribution in [0.1, 0.15) is 123 Å². The molecule has 0 aliphatic heterocycles. The van der Waals surface area contributed by atoms with Crippen LogP contribution in [0.25, 0.3) is 0 Å². The predicted octanol–water partition coefficient (Wildman–Crippen LogP) is 6.28. The van der Waals surface area contributed by atoms with Crippen LogP contribution in [0.3, 0.4) is 0 Å². The maximum absolute atomic E-state index is 11.5. The Morgan fingerprint density at radius 2 is 1.04 bits per heavy atom. The molecule has 26 heavy (non-hydrogen) atoms. The SMILES string of the molecule is CCCCCCCC(CCCCCCCCCC(O)CCC)S(=O)(=O)O. The molecule has 0 aromatic heterocycles. The van der Waals surface area contributed by atoms with Crippen molar-refractivity contribution in [3.63, 3.8) is 0 Å². The third-order valence-electron chi connectivity index (χ3n) is 5.24. The Morgan fingerprint density at radius 3 is 1.46 bits per heavy atom. The molecule has 0 aromatic carbocycles. The third-order valence-corrected chi connectivity index (χ3v) is 6.55. The van der Waals surface area contributed by atoms with Gasteiger partial charge in [0, 0.05) is 0 Å². The average molecular weight is 393 g/mol. The Balaban J connectivity index is 3.67. The first kappa shape index (κ1) is 25.9. The molecule has 158 valence electrons. The van der Waals surface area contributed by atoms with Gasteiger partial charge in [-0.3, -0.25) is 4.55 Å². The van der Waals surface area contributed by atoms with Crippen LogP contribution in [0, 0.1) is 0 Å². The van der Waals surface area contributed by atoms with Crippen LogP contribution < -0.4 is 0 Å². The second kappa shape index (κ2) is 17.0. The minimum atomic E-state index is -3.90. The van der Waals surface area contributed by atoms with E-state index in [4.69, 9.17) is 0 Å². The normalized spacial score (nSPS) is 14.5. The summed E-state index contributed by atoms with van der Waals surface area (Å²) in [6, 6.07) is 0. The standard InChI is InChI=1S/C21H44O4S/c1-3-5-6-10-14-18-21(26(23,24)25)19-15-12-9-7-8-11-13-17-20(22)16-4-2/h20-22H,3-19H2,1-2H3,(H,23,24,25). The van der Waals surface area contributed by atoms with Crippen LogP contribution in [0.5, 0.6) is 0 Å². The van der Waals surface area contributed by atoms with Crippen LogP contribution >= 0.6 is 0 Å². The number of aliphatic hydroxyl groups is 1. The summed E-state index contributed by atoms with van der Waals surface area (Å²) >= 11 is 0. The summed E-state index contributed by atoms with van der Waals surface area (Å²) in [6.45, 7) is 4.26. The largest absolute Gasteiger partial charge is 0.393 e. The highest BCUT2D eigenvalue weighted by Crippen LogP contribution is 2.19. The van der Waals surface area contributed by atoms with Gasteiger partial charge < -0.3 is 5.11 Å². The van der Waals surface area contributed by atoms with Gasteiger partial charge in [0.1, 0.15) is 0 Å². The molecule has 2 unspecified atom stereocenters. The molecule has 0 saturated carbocycles. The van der Waals surface area contributed by atoms with Crippen molar-refractivity contribution in [2.45, 2.75) is 134 Å². The van der Waals surface area contributed by atoms with Crippen molar-refractivity contribution in [1.82, 2.24) is 0 Å². The second-order valence-electron chi connectivity index (χ2n) is 7.83. The Bertz CT molecular complexity index is 395. The molecule has 0 saturated heterocycles. The summed E-state index contributed by atoms with van der Waals surface area (Å²) in [5.41, 5.74) is 0. The molecular weight excluding hydrogens is 348 g/mol. The first-order chi connectivity index (χ1) is 12.4. The summed E-state index contributed by atoms with van der Waals surface area (Å²) in [7, 11) is -3.90. The molecule has 4 nitrogen and oxygen atoms in total. The first-order valence-electron chi connectivity index (χ1n) is 11.1. The molecule has 0 bridgehead atoms. The van der Waals surface area contributed by atoms with Gasteiger partial charge in [0.15, 0.2) is 0 Å². The fourth-order valence-electron chi connectivity index (χ4n) is 3.53. The van der Waals surface area contributed by atoms with Crippen molar-refractivity contribution < 1.29 is 18.1 Å². The van der Waals surface area contributed by atoms with Crippen molar-refractivity contribution in [2.75, 3.05) is 0 Å². The lowest BCUT2D eigenvalue weighted by Gasteiger charge is -2.13. The molecule has 0 aromatic rings. The molecule has 0 amide bonds. The summed E-state index contributed by atoms with van der Waals surface area (Å²) in [5, 5.41) is 9.11. The summed E-state index contributed by atoms with van der Waals surface area (Å²) in [6.07, 6.45) is 17.1. The summed E-state index contributed by atoms with van der Waals surface area (Å²) in [5.74, 6) is 0. The minimum absolute atomic E-state index is 0.126. The number of hydrogen-bond acceptors (Lipinski definition) is 3. The van der Waals surface area contributed by atoms with Crippen LogP contribution in [0.15, 0.2) is 0 Å². The van der Waals surface area contributed by atoms with E-state index in [-0.39, 0.29) is 6.10 Å². The van der Waals surface area contributed by atoms with Crippen molar-refractivity contribution in [3.8, 4) is 0 Å². The molecule has 2 atom stereocenters. The van der Waals surface area contributed by atoms with Gasteiger partial charge in [-0.25, -0.2) is 0 Å². The minimum Gasteiger partial charge on any atom is -0.393 e. The smallest absolute Gasteiger partial charge is 0.267 e. The molecule has 0 aliphatic rings. The topological polar surface area (TPSA) is 74.6 Å². The van der Waals surface area contributed by atoms with Crippen molar-refractivity contribution >= 4 is 10.1 Å². The molecule has 0 spiro atoms. The highest BCUT2D eigenvalue weighted by molar-refractivity contribution is 7.86. The number of hydrogen-bond donors (Lipinski definition) is 2. The highest BCUT2D eigenvalue weighted by Gasteiger charge is 2.21. The summed E-state index contributed by atoms with van der Waals surface area (Å²) in [4.78, 5) is 0. The second-order valence-corrected chi connectivity index (χ2v) is 9.53. The van der Waals surface area contributed by atoms with Gasteiger partial charge in [-0.1, -0.05) is 97.3 Å². The zero-order valence-electron chi connectivity index (χ0n) is 17.3. The maximum Gasteiger partial charge on any atom is 0.267 e. The fourth-order valence-corrected chi connectivity index (χ4v) is 4.46. The molecule has 0 radical (unpaired) electrons. The lowest BCUT2D eigenvalue weighted by molar-refractivity contribution is 0.150. The average Bonchev–Trinajstić information content (AvgIpc) is 2.57. The first-order valence-corrected chi connectivity index (χ1v) is 12.6. The third kappa shape index (κ3) is 16.1. The molecular formula is C21H44O4S. The van der Waals surface area contributed by atoms with E-state index in [1.165, 1.54) is 32.1 Å². The van der Waals surface area contributed by atoms with E-state index in [1.54, 1.807) is 0 Å². The Kier molecular flexibility index (Phi) is 16.9. The fraction of sp³-hybridized carbons (Fsp3) is 1.00. The van der Waals surface area contributed by atoms with Gasteiger partial charge in [0.25, 0.3) is 10.1 Å². The molecule has 0 rings (SSSR count). The van der Waals surface area contributed by atoms with Gasteiger partial charge in [0.2, 0.25) is 0 Å². The maximum atomic E-state index is 11.5. The van der Waals surface area contributed by atoms with Gasteiger partial charge in [0.05, 0.1) is 11.4 Å². The Labute approximate surface area is 162 Å². The molecule has 2 N–H and O–H groups in total. The van der Waals surface area contributed by atoms with E-state index in [0.29, 0.717) is 12.8 Å². The van der Waals surface area contributed by atoms with Crippen molar-refractivity contribution in [2.24, 2.45) is 0 Å². The Hall–Kier alpha value is -0.130. The van der Waals surface area contributed by atoms with Crippen molar-refractivity contribution in [3.05, 3.63) is 0 Å². The van der Waals surface area contributed by atoms with Gasteiger partial charge in [-0.05, 0) is 25.7 Å². The quantitative estimate of drug-likeness (QED) is 0.200. The lowest BCUT2D eigenvalue weighted by atomic mass is 10.0. The van der Waals surface area contributed by atoms with Crippen LogP contribution in [-0.4, -0.2) is 29.4 Å². The molecule has 0 heterocycles. The number of rotatable bonds is 19. The van der Waals surface area contributed by atoms with Gasteiger partial charge in [-0.15, -0.1) is 0 Å². The van der Waals surface area contributed by atoms with E-state index >= 15 is 0 Å². The summed E-state index contributed by atoms with van der Waals surface area (Å²) < 4.78 is 32.5. The van der Waals surface area contributed by atoms with Gasteiger partial charge in [-0.2, -0.15) is 8.42 Å². The molecule has 5 heteroatoms. The predicted molar refractivity (Wildman–Crippen MR) is 111 cm³/mol. The van der Waals surface area contributed by atoms with E-state index in [9.17, 15) is 18.1 Å². The zero-order valence-corrected chi connectivity index (χ0v) is 18.1. The van der Waals surface area contributed by atoms with Crippen molar-refractivity contribution in [1.29, 1.82) is 0 Å². The lowest BCUT2D eigenvalue weighted by Crippen LogP contribution is -2.20. The molecule has 0 fully saturated rings. The van der Waals surface area contributed by atoms with E-state index in [2.05, 4.69) is 13.8 Å². The number of aliphatic hydroxyl groups excluding tert-OH is 1. The van der Waals surface area contributed by atoms with Crippen LogP contribution in [0.2, 0.25) is 0 Å². The highest BCUT2D eigenvalue weighted by atomic mass is 32.2. The van der Waals surface area contributed by atoms with Crippen LogP contribution in [-0.2, 0) is 10.1 Å². The number of unbranched alkanes of at least 4 members (excludes halogenated alkanes) is 10. The van der Waals surface area contributed by atoms with Gasteiger partial charge >= 0.3 is 0 Å². The van der Waals surface area contributed by atoms with Crippen LogP contribution in [0.4, 0.5) is 0 Å². The zero-order chi connectivity index (χ0) is 19.7. The monoisotopic (exact) mass is 392 g/mol. The molecule has 0 aliphatic carbocycles. The van der Waals surface area contributed by atoms with E-state index in [1.807, 2.05) is 0 Å². The Morgan fingerprint density at radius 1 is 0.615 bits per heavy atom. The van der Waals surface area contributed by atoms with E-state index < -0.39 is 15.4 Å². The van der Waals surface area contributed by atoms with E-state index in [0.717, 1.165) is 64.2 Å².